The van der Waals surface area contributed by atoms with Crippen molar-refractivity contribution >= 4 is 49.7 Å². The lowest BCUT2D eigenvalue weighted by atomic mass is 10.2. The standard InChI is InChI=1S/C32H23BrN4O6/c1-2-41-28-16-21(15-25(33)30(28)42-19-20-11-13-23(14-12-20)37(39)40)18-34-36-31(29-17-22-7-3-6-10-27(22)43-29)35-26-9-5-4-8-24(26)32(36)38/h3-18H,2,19H2,1H3. The zero-order chi connectivity index (χ0) is 29.9. The van der Waals surface area contributed by atoms with Gasteiger partial charge in [-0.25, -0.2) is 4.98 Å². The van der Waals surface area contributed by atoms with E-state index in [9.17, 15) is 14.9 Å². The maximum atomic E-state index is 13.6. The number of hydrogen-bond acceptors (Lipinski definition) is 8. The molecule has 0 radical (unpaired) electrons. The summed E-state index contributed by atoms with van der Waals surface area (Å²) in [6.07, 6.45) is 1.54. The number of non-ortho nitro benzene ring substituents is 1. The van der Waals surface area contributed by atoms with Gasteiger partial charge in [-0.3, -0.25) is 14.9 Å². The van der Waals surface area contributed by atoms with Gasteiger partial charge >= 0.3 is 0 Å². The summed E-state index contributed by atoms with van der Waals surface area (Å²) in [5.74, 6) is 1.60. The predicted molar refractivity (Wildman–Crippen MR) is 167 cm³/mol. The molecule has 0 aliphatic carbocycles. The molecule has 0 unspecified atom stereocenters. The molecule has 2 heterocycles. The van der Waals surface area contributed by atoms with E-state index in [1.54, 1.807) is 42.5 Å². The van der Waals surface area contributed by atoms with Crippen LogP contribution in [0.15, 0.2) is 110 Å². The van der Waals surface area contributed by atoms with Gasteiger partial charge in [0, 0.05) is 17.5 Å². The van der Waals surface area contributed by atoms with E-state index in [4.69, 9.17) is 18.9 Å². The molecule has 0 N–H and O–H groups in total. The van der Waals surface area contributed by atoms with Crippen molar-refractivity contribution in [2.24, 2.45) is 5.10 Å². The largest absolute Gasteiger partial charge is 0.490 e. The summed E-state index contributed by atoms with van der Waals surface area (Å²) in [5, 5.41) is 16.8. The molecule has 214 valence electrons. The van der Waals surface area contributed by atoms with Crippen LogP contribution in [0.1, 0.15) is 18.1 Å². The van der Waals surface area contributed by atoms with E-state index in [0.717, 1.165) is 10.9 Å². The minimum atomic E-state index is -0.448. The molecule has 11 heteroatoms. The number of furan rings is 1. The lowest BCUT2D eigenvalue weighted by molar-refractivity contribution is -0.384. The quantitative estimate of drug-likeness (QED) is 0.0922. The van der Waals surface area contributed by atoms with E-state index in [2.05, 4.69) is 21.0 Å². The summed E-state index contributed by atoms with van der Waals surface area (Å²) in [6, 6.07) is 26.2. The fourth-order valence-electron chi connectivity index (χ4n) is 4.54. The first-order chi connectivity index (χ1) is 20.9. The topological polar surface area (TPSA) is 122 Å². The van der Waals surface area contributed by atoms with Crippen LogP contribution in [0.5, 0.6) is 11.5 Å². The molecule has 0 fully saturated rings. The molecule has 0 aliphatic heterocycles. The molecule has 0 amide bonds. The number of halogens is 1. The number of para-hydroxylation sites is 2. The average molecular weight is 639 g/mol. The molecule has 43 heavy (non-hydrogen) atoms. The smallest absolute Gasteiger partial charge is 0.282 e. The van der Waals surface area contributed by atoms with Crippen LogP contribution in [-0.2, 0) is 6.61 Å². The molecular formula is C32H23BrN4O6. The molecule has 0 bridgehead atoms. The van der Waals surface area contributed by atoms with Crippen LogP contribution in [-0.4, -0.2) is 27.4 Å². The molecule has 0 saturated carbocycles. The Morgan fingerprint density at radius 3 is 2.56 bits per heavy atom. The summed E-state index contributed by atoms with van der Waals surface area (Å²) in [6.45, 7) is 2.41. The monoisotopic (exact) mass is 638 g/mol. The Kier molecular flexibility index (Phi) is 7.71. The molecular weight excluding hydrogens is 616 g/mol. The van der Waals surface area contributed by atoms with E-state index >= 15 is 0 Å². The van der Waals surface area contributed by atoms with Crippen LogP contribution in [0.4, 0.5) is 5.69 Å². The van der Waals surface area contributed by atoms with Crippen LogP contribution in [0.2, 0.25) is 0 Å². The van der Waals surface area contributed by atoms with E-state index in [1.165, 1.54) is 23.0 Å². The minimum absolute atomic E-state index is 0.00720. The number of aromatic nitrogens is 2. The average Bonchev–Trinajstić information content (AvgIpc) is 3.45. The van der Waals surface area contributed by atoms with Crippen molar-refractivity contribution < 1.29 is 18.8 Å². The van der Waals surface area contributed by atoms with Gasteiger partial charge in [-0.1, -0.05) is 30.3 Å². The molecule has 10 nitrogen and oxygen atoms in total. The summed E-state index contributed by atoms with van der Waals surface area (Å²) in [7, 11) is 0. The molecule has 6 rings (SSSR count). The van der Waals surface area contributed by atoms with Crippen molar-refractivity contribution in [3.05, 3.63) is 127 Å². The molecule has 2 aromatic heterocycles. The first kappa shape index (κ1) is 27.9. The zero-order valence-electron chi connectivity index (χ0n) is 22.8. The number of nitro groups is 1. The number of nitro benzene ring substituents is 1. The highest BCUT2D eigenvalue weighted by atomic mass is 79.9. The SMILES string of the molecule is CCOc1cc(C=Nn2c(-c3cc4ccccc4o3)nc3ccccc3c2=O)cc(Br)c1OCc1ccc([N+](=O)[O-])cc1. The van der Waals surface area contributed by atoms with Crippen LogP contribution in [0.25, 0.3) is 33.5 Å². The molecule has 4 aromatic carbocycles. The van der Waals surface area contributed by atoms with Crippen LogP contribution in [0.3, 0.4) is 0 Å². The Morgan fingerprint density at radius 1 is 1.02 bits per heavy atom. The lowest BCUT2D eigenvalue weighted by Crippen LogP contribution is -2.20. The third-order valence-corrected chi connectivity index (χ3v) is 7.17. The Balaban J connectivity index is 1.36. The second kappa shape index (κ2) is 11.9. The maximum Gasteiger partial charge on any atom is 0.282 e. The Hall–Kier alpha value is -5.29. The third-order valence-electron chi connectivity index (χ3n) is 6.58. The van der Waals surface area contributed by atoms with E-state index in [0.29, 0.717) is 50.4 Å². The van der Waals surface area contributed by atoms with Gasteiger partial charge in [-0.05, 0) is 82.5 Å². The summed E-state index contributed by atoms with van der Waals surface area (Å²) in [5.41, 5.74) is 2.26. The highest BCUT2D eigenvalue weighted by Crippen LogP contribution is 2.37. The van der Waals surface area contributed by atoms with E-state index in [1.807, 2.05) is 43.3 Å². The van der Waals surface area contributed by atoms with Crippen molar-refractivity contribution in [3.8, 4) is 23.1 Å². The van der Waals surface area contributed by atoms with Crippen molar-refractivity contribution in [2.45, 2.75) is 13.5 Å². The number of hydrogen-bond donors (Lipinski definition) is 0. The van der Waals surface area contributed by atoms with Gasteiger partial charge in [0.15, 0.2) is 17.3 Å². The predicted octanol–water partition coefficient (Wildman–Crippen LogP) is 7.34. The van der Waals surface area contributed by atoms with Gasteiger partial charge in [0.05, 0.1) is 33.1 Å². The van der Waals surface area contributed by atoms with E-state index < -0.39 is 4.92 Å². The number of nitrogens with zero attached hydrogens (tertiary/aromatic N) is 4. The highest BCUT2D eigenvalue weighted by Gasteiger charge is 2.17. The first-order valence-electron chi connectivity index (χ1n) is 13.3. The van der Waals surface area contributed by atoms with Crippen LogP contribution < -0.4 is 15.0 Å². The van der Waals surface area contributed by atoms with Crippen LogP contribution in [0, 0.1) is 10.1 Å². The fourth-order valence-corrected chi connectivity index (χ4v) is 5.12. The number of ether oxygens (including phenoxy) is 2. The van der Waals surface area contributed by atoms with Gasteiger partial charge in [0.1, 0.15) is 12.2 Å². The van der Waals surface area contributed by atoms with Gasteiger partial charge in [-0.2, -0.15) is 9.78 Å². The Bertz CT molecular complexity index is 2030. The van der Waals surface area contributed by atoms with Gasteiger partial charge in [-0.15, -0.1) is 0 Å². The van der Waals surface area contributed by atoms with Gasteiger partial charge in [0.2, 0.25) is 5.82 Å². The Morgan fingerprint density at radius 2 is 1.79 bits per heavy atom. The number of rotatable bonds is 9. The highest BCUT2D eigenvalue weighted by molar-refractivity contribution is 9.10. The molecule has 0 atom stereocenters. The first-order valence-corrected chi connectivity index (χ1v) is 14.1. The zero-order valence-corrected chi connectivity index (χ0v) is 24.4. The summed E-state index contributed by atoms with van der Waals surface area (Å²) >= 11 is 3.56. The van der Waals surface area contributed by atoms with Gasteiger partial charge < -0.3 is 13.9 Å². The normalized spacial score (nSPS) is 11.4. The third kappa shape index (κ3) is 5.75. The summed E-state index contributed by atoms with van der Waals surface area (Å²) < 4.78 is 19.8. The minimum Gasteiger partial charge on any atom is -0.490 e. The maximum absolute atomic E-state index is 13.6. The summed E-state index contributed by atoms with van der Waals surface area (Å²) in [4.78, 5) is 28.8. The van der Waals surface area contributed by atoms with Crippen molar-refractivity contribution in [3.63, 3.8) is 0 Å². The van der Waals surface area contributed by atoms with Crippen LogP contribution >= 0.6 is 15.9 Å². The number of fused-ring (bicyclic) bond motifs is 2. The molecule has 0 aliphatic rings. The second-order valence-electron chi connectivity index (χ2n) is 9.44. The second-order valence-corrected chi connectivity index (χ2v) is 10.3. The molecule has 0 saturated heterocycles. The molecule has 6 aromatic rings. The fraction of sp³-hybridized carbons (Fsp3) is 0.0938. The Labute approximate surface area is 253 Å². The molecule has 0 spiro atoms. The van der Waals surface area contributed by atoms with Crippen molar-refractivity contribution in [2.75, 3.05) is 6.61 Å². The lowest BCUT2D eigenvalue weighted by Gasteiger charge is -2.15. The van der Waals surface area contributed by atoms with E-state index in [-0.39, 0.29) is 23.7 Å². The van der Waals surface area contributed by atoms with Gasteiger partial charge in [0.25, 0.3) is 11.2 Å². The van der Waals surface area contributed by atoms with Crippen molar-refractivity contribution in [1.82, 2.24) is 9.66 Å². The number of benzene rings is 4. The van der Waals surface area contributed by atoms with Crippen molar-refractivity contribution in [1.29, 1.82) is 0 Å².